The van der Waals surface area contributed by atoms with Crippen molar-refractivity contribution >= 4 is 20.7 Å². The van der Waals surface area contributed by atoms with Gasteiger partial charge in [0.1, 0.15) is 0 Å². The lowest BCUT2D eigenvalue weighted by Crippen LogP contribution is -1.99. The van der Waals surface area contributed by atoms with E-state index < -0.39 is 9.84 Å². The fraction of sp³-hybridized carbons (Fsp3) is 0.125. The summed E-state index contributed by atoms with van der Waals surface area (Å²) in [5.41, 5.74) is 0.840. The molecule has 2 rings (SSSR count). The molecule has 0 bridgehead atoms. The molecule has 2 heterocycles. The van der Waals surface area contributed by atoms with Gasteiger partial charge in [0, 0.05) is 17.8 Å². The Hall–Kier alpha value is -1.36. The second-order valence-corrected chi connectivity index (χ2v) is 4.82. The van der Waals surface area contributed by atoms with E-state index in [1.54, 1.807) is 12.3 Å². The Balaban J connectivity index is 2.75. The molecule has 0 spiro atoms. The topological polar surface area (TPSA) is 62.8 Å². The third-order valence-electron chi connectivity index (χ3n) is 1.79. The van der Waals surface area contributed by atoms with Crippen molar-refractivity contribution in [3.8, 4) is 0 Å². The van der Waals surface area contributed by atoms with E-state index in [4.69, 9.17) is 0 Å². The maximum Gasteiger partial charge on any atom is 0.192 e. The van der Waals surface area contributed by atoms with Crippen molar-refractivity contribution in [1.82, 2.24) is 9.97 Å². The zero-order valence-electron chi connectivity index (χ0n) is 6.98. The standard InChI is InChI=1S/C8H8N2O2S/c1-13(11,12)8-4-6-2-3-9-7(6)5-10-8/h2-5,9H,1H3. The molecule has 13 heavy (non-hydrogen) atoms. The zero-order chi connectivity index (χ0) is 9.47. The van der Waals surface area contributed by atoms with Gasteiger partial charge in [0.25, 0.3) is 0 Å². The third-order valence-corrected chi connectivity index (χ3v) is 2.78. The molecular formula is C8H8N2O2S. The lowest BCUT2D eigenvalue weighted by atomic mass is 10.3. The van der Waals surface area contributed by atoms with Crippen molar-refractivity contribution in [1.29, 1.82) is 0 Å². The van der Waals surface area contributed by atoms with E-state index in [-0.39, 0.29) is 5.03 Å². The molecule has 0 amide bonds. The minimum atomic E-state index is -3.20. The zero-order valence-corrected chi connectivity index (χ0v) is 7.80. The quantitative estimate of drug-likeness (QED) is 0.739. The number of nitrogens with zero attached hydrogens (tertiary/aromatic N) is 1. The SMILES string of the molecule is CS(=O)(=O)c1cc2cc[nH]c2cn1. The molecule has 0 saturated heterocycles. The van der Waals surface area contributed by atoms with Gasteiger partial charge in [-0.05, 0) is 12.1 Å². The summed E-state index contributed by atoms with van der Waals surface area (Å²) in [5.74, 6) is 0. The first-order valence-corrected chi connectivity index (χ1v) is 5.60. The van der Waals surface area contributed by atoms with Gasteiger partial charge >= 0.3 is 0 Å². The summed E-state index contributed by atoms with van der Waals surface area (Å²) in [4.78, 5) is 6.77. The van der Waals surface area contributed by atoms with Crippen LogP contribution in [0.1, 0.15) is 0 Å². The molecule has 0 aliphatic carbocycles. The summed E-state index contributed by atoms with van der Waals surface area (Å²) < 4.78 is 22.3. The molecule has 0 saturated carbocycles. The van der Waals surface area contributed by atoms with Crippen LogP contribution in [0.5, 0.6) is 0 Å². The lowest BCUT2D eigenvalue weighted by molar-refractivity contribution is 0.598. The van der Waals surface area contributed by atoms with Crippen LogP contribution in [0.25, 0.3) is 10.9 Å². The van der Waals surface area contributed by atoms with Gasteiger partial charge in [0.2, 0.25) is 0 Å². The largest absolute Gasteiger partial charge is 0.360 e. The summed E-state index contributed by atoms with van der Waals surface area (Å²) in [6.07, 6.45) is 4.41. The summed E-state index contributed by atoms with van der Waals surface area (Å²) in [6.45, 7) is 0. The minimum Gasteiger partial charge on any atom is -0.360 e. The number of nitrogens with one attached hydrogen (secondary N) is 1. The molecule has 5 heteroatoms. The summed E-state index contributed by atoms with van der Waals surface area (Å²) in [6, 6.07) is 3.37. The molecule has 2 aromatic rings. The first kappa shape index (κ1) is 8.25. The van der Waals surface area contributed by atoms with E-state index in [1.807, 2.05) is 6.07 Å². The van der Waals surface area contributed by atoms with Crippen molar-refractivity contribution in [2.24, 2.45) is 0 Å². The number of aromatic nitrogens is 2. The Bertz CT molecular complexity index is 542. The Morgan fingerprint density at radius 1 is 1.46 bits per heavy atom. The Kier molecular flexibility index (Phi) is 1.63. The molecule has 0 fully saturated rings. The number of sulfone groups is 1. The summed E-state index contributed by atoms with van der Waals surface area (Å²) in [7, 11) is -3.20. The number of fused-ring (bicyclic) bond motifs is 1. The van der Waals surface area contributed by atoms with Crippen molar-refractivity contribution in [2.45, 2.75) is 5.03 Å². The van der Waals surface area contributed by atoms with Gasteiger partial charge in [0.15, 0.2) is 14.9 Å². The highest BCUT2D eigenvalue weighted by atomic mass is 32.2. The van der Waals surface area contributed by atoms with Crippen LogP contribution in [-0.2, 0) is 9.84 Å². The summed E-state index contributed by atoms with van der Waals surface area (Å²) >= 11 is 0. The van der Waals surface area contributed by atoms with Gasteiger partial charge < -0.3 is 4.98 Å². The second-order valence-electron chi connectivity index (χ2n) is 2.86. The van der Waals surface area contributed by atoms with E-state index >= 15 is 0 Å². The number of aromatic amines is 1. The van der Waals surface area contributed by atoms with Crippen molar-refractivity contribution in [3.05, 3.63) is 24.5 Å². The van der Waals surface area contributed by atoms with Gasteiger partial charge in [-0.25, -0.2) is 13.4 Å². The fourth-order valence-electron chi connectivity index (χ4n) is 1.13. The predicted octanol–water partition coefficient (Wildman–Crippen LogP) is 0.966. The van der Waals surface area contributed by atoms with E-state index in [0.29, 0.717) is 0 Å². The van der Waals surface area contributed by atoms with Gasteiger partial charge in [-0.2, -0.15) is 0 Å². The summed E-state index contributed by atoms with van der Waals surface area (Å²) in [5, 5.41) is 0.968. The lowest BCUT2D eigenvalue weighted by Gasteiger charge is -1.96. The van der Waals surface area contributed by atoms with Crippen LogP contribution >= 0.6 is 0 Å². The fourth-order valence-corrected chi connectivity index (χ4v) is 1.72. The molecule has 0 unspecified atom stereocenters. The van der Waals surface area contributed by atoms with Gasteiger partial charge in [-0.3, -0.25) is 0 Å². The number of hydrogen-bond donors (Lipinski definition) is 1. The van der Waals surface area contributed by atoms with E-state index in [2.05, 4.69) is 9.97 Å². The molecule has 2 aromatic heterocycles. The van der Waals surface area contributed by atoms with Crippen molar-refractivity contribution in [3.63, 3.8) is 0 Å². The number of pyridine rings is 1. The molecule has 1 N–H and O–H groups in total. The van der Waals surface area contributed by atoms with Crippen LogP contribution in [0.2, 0.25) is 0 Å². The molecular weight excluding hydrogens is 188 g/mol. The van der Waals surface area contributed by atoms with Gasteiger partial charge in [-0.15, -0.1) is 0 Å². The molecule has 0 aliphatic heterocycles. The maximum atomic E-state index is 11.1. The third kappa shape index (κ3) is 1.42. The maximum absolute atomic E-state index is 11.1. The molecule has 0 aliphatic rings. The Morgan fingerprint density at radius 2 is 2.23 bits per heavy atom. The second kappa shape index (κ2) is 2.56. The highest BCUT2D eigenvalue weighted by Crippen LogP contribution is 2.14. The van der Waals surface area contributed by atoms with Crippen LogP contribution in [0.4, 0.5) is 0 Å². The first-order chi connectivity index (χ1) is 6.07. The Morgan fingerprint density at radius 3 is 2.92 bits per heavy atom. The highest BCUT2D eigenvalue weighted by molar-refractivity contribution is 7.90. The van der Waals surface area contributed by atoms with E-state index in [1.165, 1.54) is 6.20 Å². The van der Waals surface area contributed by atoms with E-state index in [9.17, 15) is 8.42 Å². The minimum absolute atomic E-state index is 0.111. The smallest absolute Gasteiger partial charge is 0.192 e. The van der Waals surface area contributed by atoms with Crippen molar-refractivity contribution < 1.29 is 8.42 Å². The molecule has 0 aromatic carbocycles. The van der Waals surface area contributed by atoms with Gasteiger partial charge in [0.05, 0.1) is 11.7 Å². The molecule has 0 atom stereocenters. The predicted molar refractivity (Wildman–Crippen MR) is 49.2 cm³/mol. The average Bonchev–Trinajstić information content (AvgIpc) is 2.47. The average molecular weight is 196 g/mol. The van der Waals surface area contributed by atoms with Crippen LogP contribution in [0.15, 0.2) is 29.6 Å². The highest BCUT2D eigenvalue weighted by Gasteiger charge is 2.08. The number of hydrogen-bond acceptors (Lipinski definition) is 3. The van der Waals surface area contributed by atoms with Crippen LogP contribution < -0.4 is 0 Å². The molecule has 68 valence electrons. The normalized spacial score (nSPS) is 12.1. The Labute approximate surface area is 75.5 Å². The number of H-pyrrole nitrogens is 1. The first-order valence-electron chi connectivity index (χ1n) is 3.70. The molecule has 0 radical (unpaired) electrons. The van der Waals surface area contributed by atoms with Crippen LogP contribution in [0.3, 0.4) is 0 Å². The van der Waals surface area contributed by atoms with Crippen LogP contribution in [-0.4, -0.2) is 24.6 Å². The monoisotopic (exact) mass is 196 g/mol. The van der Waals surface area contributed by atoms with E-state index in [0.717, 1.165) is 17.2 Å². The number of rotatable bonds is 1. The van der Waals surface area contributed by atoms with Crippen molar-refractivity contribution in [2.75, 3.05) is 6.26 Å². The van der Waals surface area contributed by atoms with Crippen LogP contribution in [0, 0.1) is 0 Å². The molecule has 4 nitrogen and oxygen atoms in total. The van der Waals surface area contributed by atoms with Gasteiger partial charge in [-0.1, -0.05) is 0 Å².